The molecule has 3 aromatic rings. The number of piperidine rings is 1. The summed E-state index contributed by atoms with van der Waals surface area (Å²) in [5, 5.41) is 22.6. The Balaban J connectivity index is 1.28. The summed E-state index contributed by atoms with van der Waals surface area (Å²) in [6.07, 6.45) is -2.20. The molecular formula is C24H25F3N2O3. The Kier molecular flexibility index (Phi) is 6.37. The van der Waals surface area contributed by atoms with Crippen LogP contribution in [0.1, 0.15) is 30.4 Å². The summed E-state index contributed by atoms with van der Waals surface area (Å²) in [4.78, 5) is 6.32. The van der Waals surface area contributed by atoms with Crippen LogP contribution >= 0.6 is 0 Å². The van der Waals surface area contributed by atoms with Gasteiger partial charge in [0.25, 0.3) is 0 Å². The van der Waals surface area contributed by atoms with E-state index in [4.69, 9.17) is 4.74 Å². The average Bonchev–Trinajstić information content (AvgIpc) is 2.79. The van der Waals surface area contributed by atoms with Gasteiger partial charge in [-0.25, -0.2) is 0 Å². The number of pyridine rings is 1. The van der Waals surface area contributed by atoms with E-state index in [0.717, 1.165) is 28.6 Å². The van der Waals surface area contributed by atoms with E-state index in [1.165, 1.54) is 12.1 Å². The number of fused-ring (bicyclic) bond motifs is 1. The Morgan fingerprint density at radius 1 is 1.06 bits per heavy atom. The first kappa shape index (κ1) is 22.5. The summed E-state index contributed by atoms with van der Waals surface area (Å²) < 4.78 is 43.3. The summed E-state index contributed by atoms with van der Waals surface area (Å²) in [5.74, 6) is 0.321. The molecule has 2 aromatic carbocycles. The molecule has 1 saturated heterocycles. The van der Waals surface area contributed by atoms with Crippen molar-refractivity contribution in [2.45, 2.75) is 37.3 Å². The van der Waals surface area contributed by atoms with E-state index in [1.54, 1.807) is 6.20 Å². The van der Waals surface area contributed by atoms with Crippen LogP contribution in [0.5, 0.6) is 5.75 Å². The number of ether oxygens (including phenoxy) is 1. The first-order chi connectivity index (χ1) is 15.2. The molecule has 0 radical (unpaired) electrons. The first-order valence-corrected chi connectivity index (χ1v) is 10.5. The van der Waals surface area contributed by atoms with E-state index in [0.29, 0.717) is 38.1 Å². The van der Waals surface area contributed by atoms with Crippen LogP contribution in [0.2, 0.25) is 0 Å². The smallest absolute Gasteiger partial charge is 0.416 e. The van der Waals surface area contributed by atoms with Crippen molar-refractivity contribution in [2.24, 2.45) is 0 Å². The van der Waals surface area contributed by atoms with Crippen molar-refractivity contribution >= 4 is 10.9 Å². The van der Waals surface area contributed by atoms with Gasteiger partial charge in [0.05, 0.1) is 23.3 Å². The Morgan fingerprint density at radius 2 is 1.75 bits per heavy atom. The van der Waals surface area contributed by atoms with Crippen LogP contribution in [-0.4, -0.2) is 46.0 Å². The van der Waals surface area contributed by atoms with Gasteiger partial charge in [-0.3, -0.25) is 9.88 Å². The maximum Gasteiger partial charge on any atom is 0.416 e. The van der Waals surface area contributed by atoms with Gasteiger partial charge in [-0.15, -0.1) is 0 Å². The van der Waals surface area contributed by atoms with Gasteiger partial charge in [-0.2, -0.15) is 13.2 Å². The fourth-order valence-electron chi connectivity index (χ4n) is 4.01. The number of para-hydroxylation sites is 1. The van der Waals surface area contributed by atoms with Crippen LogP contribution in [0.4, 0.5) is 13.2 Å². The standard InChI is InChI=1S/C24H25F3N2O3/c25-24(26,27)18-5-7-20(8-6-18)32-14-9-22(30)29-12-10-23(31,11-13-29)19-15-17-3-1-2-4-21(17)28-16-19/h1-8,15-16,22,30-31H,9-14H2. The lowest BCUT2D eigenvalue weighted by molar-refractivity contribution is -0.137. The Labute approximate surface area is 184 Å². The molecule has 0 amide bonds. The number of rotatable bonds is 6. The van der Waals surface area contributed by atoms with Gasteiger partial charge in [0.2, 0.25) is 0 Å². The van der Waals surface area contributed by atoms with Crippen molar-refractivity contribution in [1.82, 2.24) is 9.88 Å². The zero-order chi connectivity index (χ0) is 22.8. The van der Waals surface area contributed by atoms with Crippen molar-refractivity contribution < 1.29 is 28.1 Å². The number of aliphatic hydroxyl groups is 2. The summed E-state index contributed by atoms with van der Waals surface area (Å²) in [6.45, 7) is 1.18. The lowest BCUT2D eigenvalue weighted by Gasteiger charge is -2.40. The van der Waals surface area contributed by atoms with Gasteiger partial charge in [0.1, 0.15) is 12.0 Å². The average molecular weight is 446 g/mol. The van der Waals surface area contributed by atoms with Crippen LogP contribution in [-0.2, 0) is 11.8 Å². The van der Waals surface area contributed by atoms with Gasteiger partial charge in [0, 0.05) is 36.7 Å². The third-order valence-corrected chi connectivity index (χ3v) is 6.00. The second-order valence-electron chi connectivity index (χ2n) is 8.12. The molecule has 1 fully saturated rings. The third kappa shape index (κ3) is 5.03. The summed E-state index contributed by atoms with van der Waals surface area (Å²) in [6, 6.07) is 14.2. The lowest BCUT2D eigenvalue weighted by Crippen LogP contribution is -2.47. The zero-order valence-corrected chi connectivity index (χ0v) is 17.4. The molecule has 1 aliphatic heterocycles. The van der Waals surface area contributed by atoms with Crippen molar-refractivity contribution in [1.29, 1.82) is 0 Å². The number of alkyl halides is 3. The molecule has 2 heterocycles. The number of halogens is 3. The Hall–Kier alpha value is -2.68. The summed E-state index contributed by atoms with van der Waals surface area (Å²) in [7, 11) is 0. The fourth-order valence-corrected chi connectivity index (χ4v) is 4.01. The fraction of sp³-hybridized carbons (Fsp3) is 0.375. The number of nitrogens with zero attached hydrogens (tertiary/aromatic N) is 2. The van der Waals surface area contributed by atoms with Crippen molar-refractivity contribution in [2.75, 3.05) is 19.7 Å². The molecule has 5 nitrogen and oxygen atoms in total. The van der Waals surface area contributed by atoms with Gasteiger partial charge in [-0.1, -0.05) is 18.2 Å². The van der Waals surface area contributed by atoms with Crippen molar-refractivity contribution in [3.8, 4) is 5.75 Å². The Morgan fingerprint density at radius 3 is 2.44 bits per heavy atom. The van der Waals surface area contributed by atoms with Gasteiger partial charge < -0.3 is 14.9 Å². The first-order valence-electron chi connectivity index (χ1n) is 10.5. The van der Waals surface area contributed by atoms with E-state index in [2.05, 4.69) is 4.98 Å². The van der Waals surface area contributed by atoms with E-state index in [9.17, 15) is 23.4 Å². The van der Waals surface area contributed by atoms with Gasteiger partial charge >= 0.3 is 6.18 Å². The molecular weight excluding hydrogens is 421 g/mol. The summed E-state index contributed by atoms with van der Waals surface area (Å²) in [5.41, 5.74) is -0.0757. The van der Waals surface area contributed by atoms with E-state index in [-0.39, 0.29) is 6.61 Å². The van der Waals surface area contributed by atoms with Crippen LogP contribution in [0.3, 0.4) is 0 Å². The van der Waals surface area contributed by atoms with E-state index >= 15 is 0 Å². The zero-order valence-electron chi connectivity index (χ0n) is 17.4. The number of hydrogen-bond acceptors (Lipinski definition) is 5. The molecule has 1 aliphatic rings. The maximum absolute atomic E-state index is 12.6. The second-order valence-corrected chi connectivity index (χ2v) is 8.12. The molecule has 8 heteroatoms. The largest absolute Gasteiger partial charge is 0.493 e. The molecule has 1 aromatic heterocycles. The van der Waals surface area contributed by atoms with E-state index in [1.807, 2.05) is 35.2 Å². The topological polar surface area (TPSA) is 65.8 Å². The molecule has 0 spiro atoms. The van der Waals surface area contributed by atoms with Crippen LogP contribution in [0.25, 0.3) is 10.9 Å². The molecule has 32 heavy (non-hydrogen) atoms. The molecule has 0 bridgehead atoms. The van der Waals surface area contributed by atoms with Crippen LogP contribution in [0, 0.1) is 0 Å². The predicted molar refractivity (Wildman–Crippen MR) is 114 cm³/mol. The number of aliphatic hydroxyl groups excluding tert-OH is 1. The highest BCUT2D eigenvalue weighted by molar-refractivity contribution is 5.78. The molecule has 1 unspecified atom stereocenters. The SMILES string of the molecule is OC(CCOc1ccc(C(F)(F)F)cc1)N1CCC(O)(c2cnc3ccccc3c2)CC1. The Bertz CT molecular complexity index is 1050. The molecule has 4 rings (SSSR count). The summed E-state index contributed by atoms with van der Waals surface area (Å²) >= 11 is 0. The van der Waals surface area contributed by atoms with Gasteiger partial charge in [-0.05, 0) is 49.2 Å². The van der Waals surface area contributed by atoms with Crippen LogP contribution < -0.4 is 4.74 Å². The van der Waals surface area contributed by atoms with Crippen LogP contribution in [0.15, 0.2) is 60.8 Å². The number of hydrogen-bond donors (Lipinski definition) is 2. The van der Waals surface area contributed by atoms with Crippen molar-refractivity contribution in [3.63, 3.8) is 0 Å². The van der Waals surface area contributed by atoms with Gasteiger partial charge in [0.15, 0.2) is 0 Å². The molecule has 2 N–H and O–H groups in total. The highest BCUT2D eigenvalue weighted by Gasteiger charge is 2.36. The highest BCUT2D eigenvalue weighted by atomic mass is 19.4. The third-order valence-electron chi connectivity index (χ3n) is 6.00. The van der Waals surface area contributed by atoms with E-state index < -0.39 is 23.6 Å². The normalized spacial score (nSPS) is 17.9. The molecule has 170 valence electrons. The maximum atomic E-state index is 12.6. The lowest BCUT2D eigenvalue weighted by atomic mass is 9.84. The monoisotopic (exact) mass is 446 g/mol. The molecule has 0 saturated carbocycles. The second kappa shape index (κ2) is 9.05. The minimum atomic E-state index is -4.38. The minimum Gasteiger partial charge on any atom is -0.493 e. The number of benzene rings is 2. The molecule has 1 atom stereocenters. The quantitative estimate of drug-likeness (QED) is 0.590. The number of aromatic nitrogens is 1. The van der Waals surface area contributed by atoms with Crippen molar-refractivity contribution in [3.05, 3.63) is 71.9 Å². The highest BCUT2D eigenvalue weighted by Crippen LogP contribution is 2.34. The predicted octanol–water partition coefficient (Wildman–Crippen LogP) is 4.32. The number of likely N-dealkylation sites (tertiary alicyclic amines) is 1. The molecule has 0 aliphatic carbocycles. The minimum absolute atomic E-state index is 0.169.